The molecule has 0 amide bonds. The van der Waals surface area contributed by atoms with Gasteiger partial charge in [-0.2, -0.15) is 5.10 Å². The van der Waals surface area contributed by atoms with Gasteiger partial charge in [-0.15, -0.1) is 11.3 Å². The first-order chi connectivity index (χ1) is 20.4. The average Bonchev–Trinajstić information content (AvgIpc) is 3.54. The van der Waals surface area contributed by atoms with Gasteiger partial charge in [0, 0.05) is 51.6 Å². The summed E-state index contributed by atoms with van der Waals surface area (Å²) in [6.07, 6.45) is 3.06. The van der Waals surface area contributed by atoms with Crippen molar-refractivity contribution in [2.45, 2.75) is 53.2 Å². The van der Waals surface area contributed by atoms with Crippen molar-refractivity contribution in [1.82, 2.24) is 19.7 Å². The van der Waals surface area contributed by atoms with Gasteiger partial charge in [0.15, 0.2) is 5.78 Å². The summed E-state index contributed by atoms with van der Waals surface area (Å²) >= 11 is 7.89. The van der Waals surface area contributed by atoms with Gasteiger partial charge in [0.05, 0.1) is 27.5 Å². The van der Waals surface area contributed by atoms with Gasteiger partial charge in [-0.25, -0.2) is 4.98 Å². The summed E-state index contributed by atoms with van der Waals surface area (Å²) in [5.74, 6) is -0.0457. The minimum atomic E-state index is -0.727. The maximum Gasteiger partial charge on any atom is 0.163 e. The molecule has 3 aromatic carbocycles. The number of hydrogen-bond donors (Lipinski definition) is 0. The third-order valence-electron chi connectivity index (χ3n) is 7.56. The summed E-state index contributed by atoms with van der Waals surface area (Å²) < 4.78 is 9.26. The van der Waals surface area contributed by atoms with E-state index in [1.807, 2.05) is 83.0 Å². The predicted octanol–water partition coefficient (Wildman–Crippen LogP) is 9.29. The first-order valence-electron chi connectivity index (χ1n) is 14.2. The fraction of sp³-hybridized carbons (Fsp3) is 0.257. The number of pyridine rings is 1. The predicted molar refractivity (Wildman–Crippen MR) is 177 cm³/mol. The van der Waals surface area contributed by atoms with Crippen LogP contribution in [0.5, 0.6) is 0 Å². The van der Waals surface area contributed by atoms with E-state index in [1.54, 1.807) is 18.3 Å². The van der Waals surface area contributed by atoms with Crippen LogP contribution in [0.2, 0.25) is 5.02 Å². The summed E-state index contributed by atoms with van der Waals surface area (Å²) in [6, 6.07) is 18.3. The number of carbonyl (C=O) groups excluding carboxylic acids is 1. The van der Waals surface area contributed by atoms with Crippen molar-refractivity contribution in [1.29, 1.82) is 0 Å². The molecular formula is C35H33ClN4O2S. The summed E-state index contributed by atoms with van der Waals surface area (Å²) in [6.45, 7) is 11.5. The molecule has 1 atom stereocenters. The van der Waals surface area contributed by atoms with E-state index in [1.165, 1.54) is 0 Å². The standard InChI is InChI=1S/C35H33ClN4O2S/c1-19-14-28-33(31(22-8-11-26(36)12-9-22)30(19)32(21(3)41)42-35(4,5)6)43-34(39-28)27-16-24(17-37-20(27)2)23-10-13-29-25(15-23)18-38-40(29)7/h8-18,32H,1-7H3/t32-/m1/s1. The second-order valence-corrected chi connectivity index (χ2v) is 13.4. The lowest BCUT2D eigenvalue weighted by molar-refractivity contribution is -0.138. The number of carbonyl (C=O) groups is 1. The third kappa shape index (κ3) is 5.60. The van der Waals surface area contributed by atoms with E-state index < -0.39 is 11.7 Å². The van der Waals surface area contributed by atoms with Crippen LogP contribution in [0.15, 0.2) is 67.0 Å². The smallest absolute Gasteiger partial charge is 0.163 e. The second kappa shape index (κ2) is 11.0. The van der Waals surface area contributed by atoms with Gasteiger partial charge in [-0.3, -0.25) is 14.5 Å². The van der Waals surface area contributed by atoms with E-state index in [-0.39, 0.29) is 5.78 Å². The number of halogens is 1. The molecule has 0 bridgehead atoms. The van der Waals surface area contributed by atoms with Crippen molar-refractivity contribution < 1.29 is 9.53 Å². The van der Waals surface area contributed by atoms with Gasteiger partial charge < -0.3 is 4.74 Å². The van der Waals surface area contributed by atoms with Crippen LogP contribution in [-0.2, 0) is 16.6 Å². The van der Waals surface area contributed by atoms with Crippen molar-refractivity contribution in [3.05, 3.63) is 88.8 Å². The molecule has 0 saturated heterocycles. The first kappa shape index (κ1) is 29.2. The van der Waals surface area contributed by atoms with E-state index >= 15 is 0 Å². The summed E-state index contributed by atoms with van der Waals surface area (Å²) in [5, 5.41) is 6.98. The molecule has 0 unspecified atom stereocenters. The van der Waals surface area contributed by atoms with Gasteiger partial charge in [0.2, 0.25) is 0 Å². The molecule has 0 radical (unpaired) electrons. The van der Waals surface area contributed by atoms with Crippen LogP contribution in [-0.4, -0.2) is 31.1 Å². The Kier molecular flexibility index (Phi) is 7.45. The van der Waals surface area contributed by atoms with Crippen LogP contribution in [0.4, 0.5) is 0 Å². The zero-order chi connectivity index (χ0) is 30.6. The Bertz CT molecular complexity index is 2020. The molecule has 3 aromatic heterocycles. The molecule has 6 rings (SSSR count). The van der Waals surface area contributed by atoms with Crippen molar-refractivity contribution in [3.8, 4) is 32.8 Å². The number of benzene rings is 3. The maximum absolute atomic E-state index is 13.1. The molecule has 218 valence electrons. The molecule has 3 heterocycles. The number of ketones is 1. The molecule has 0 aliphatic heterocycles. The highest BCUT2D eigenvalue weighted by Crippen LogP contribution is 2.45. The topological polar surface area (TPSA) is 69.9 Å². The normalized spacial score (nSPS) is 12.7. The molecule has 0 saturated carbocycles. The lowest BCUT2D eigenvalue weighted by atomic mass is 9.90. The van der Waals surface area contributed by atoms with Crippen molar-refractivity contribution in [3.63, 3.8) is 0 Å². The highest BCUT2D eigenvalue weighted by atomic mass is 35.5. The van der Waals surface area contributed by atoms with Crippen molar-refractivity contribution in [2.24, 2.45) is 7.05 Å². The van der Waals surface area contributed by atoms with Crippen LogP contribution in [0.1, 0.15) is 50.6 Å². The highest BCUT2D eigenvalue weighted by Gasteiger charge is 2.30. The number of rotatable bonds is 6. The zero-order valence-electron chi connectivity index (χ0n) is 25.3. The lowest BCUT2D eigenvalue weighted by Crippen LogP contribution is -2.27. The number of ether oxygens (including phenoxy) is 1. The summed E-state index contributed by atoms with van der Waals surface area (Å²) in [4.78, 5) is 23.0. The molecule has 0 spiro atoms. The van der Waals surface area contributed by atoms with E-state index in [9.17, 15) is 4.79 Å². The average molecular weight is 609 g/mol. The van der Waals surface area contributed by atoms with Crippen LogP contribution >= 0.6 is 22.9 Å². The van der Waals surface area contributed by atoms with Gasteiger partial charge in [0.1, 0.15) is 11.1 Å². The van der Waals surface area contributed by atoms with Gasteiger partial charge in [-0.05, 0) is 94.6 Å². The van der Waals surface area contributed by atoms with Gasteiger partial charge in [-0.1, -0.05) is 29.8 Å². The molecule has 0 aliphatic rings. The Morgan fingerprint density at radius 3 is 2.40 bits per heavy atom. The van der Waals surface area contributed by atoms with E-state index in [2.05, 4.69) is 35.4 Å². The van der Waals surface area contributed by atoms with Crippen LogP contribution in [0, 0.1) is 13.8 Å². The number of hydrogen-bond acceptors (Lipinski definition) is 6. The van der Waals surface area contributed by atoms with Gasteiger partial charge in [0.25, 0.3) is 0 Å². The monoisotopic (exact) mass is 608 g/mol. The molecule has 6 aromatic rings. The quantitative estimate of drug-likeness (QED) is 0.188. The zero-order valence-corrected chi connectivity index (χ0v) is 26.9. The fourth-order valence-electron chi connectivity index (χ4n) is 5.52. The van der Waals surface area contributed by atoms with Gasteiger partial charge >= 0.3 is 0 Å². The van der Waals surface area contributed by atoms with Crippen LogP contribution < -0.4 is 0 Å². The van der Waals surface area contributed by atoms with E-state index in [4.69, 9.17) is 26.3 Å². The SMILES string of the molecule is CC(=O)[C@@H](OC(C)(C)C)c1c(C)cc2nc(-c3cc(-c4ccc5c(cnn5C)c4)cnc3C)sc2c1-c1ccc(Cl)cc1. The minimum Gasteiger partial charge on any atom is -0.360 e. The number of fused-ring (bicyclic) bond motifs is 2. The summed E-state index contributed by atoms with van der Waals surface area (Å²) in [7, 11) is 1.94. The number of nitrogens with zero attached hydrogens (tertiary/aromatic N) is 4. The van der Waals surface area contributed by atoms with E-state index in [0.717, 1.165) is 70.8 Å². The Morgan fingerprint density at radius 2 is 1.70 bits per heavy atom. The molecule has 6 nitrogen and oxygen atoms in total. The van der Waals surface area contributed by atoms with E-state index in [0.29, 0.717) is 5.02 Å². The molecule has 0 fully saturated rings. The molecule has 43 heavy (non-hydrogen) atoms. The maximum atomic E-state index is 13.1. The van der Waals surface area contributed by atoms with Crippen molar-refractivity contribution in [2.75, 3.05) is 0 Å². The Balaban J connectivity index is 1.56. The summed E-state index contributed by atoms with van der Waals surface area (Å²) in [5.41, 5.74) is 9.09. The number of thiazole rings is 1. The Morgan fingerprint density at radius 1 is 0.977 bits per heavy atom. The first-order valence-corrected chi connectivity index (χ1v) is 15.4. The van der Waals surface area contributed by atoms with Crippen LogP contribution in [0.25, 0.3) is 53.9 Å². The van der Waals surface area contributed by atoms with Crippen LogP contribution in [0.3, 0.4) is 0 Å². The molecular weight excluding hydrogens is 576 g/mol. The number of aromatic nitrogens is 4. The Labute approximate surface area is 260 Å². The fourth-order valence-corrected chi connectivity index (χ4v) is 6.84. The number of Topliss-reactive ketones (excluding diaryl/α,β-unsaturated/α-hetero) is 1. The minimum absolute atomic E-state index is 0.0457. The number of aryl methyl sites for hydroxylation is 3. The van der Waals surface area contributed by atoms with Crippen molar-refractivity contribution >= 4 is 49.8 Å². The molecule has 0 aliphatic carbocycles. The largest absolute Gasteiger partial charge is 0.360 e. The second-order valence-electron chi connectivity index (χ2n) is 12.0. The molecule has 8 heteroatoms. The molecule has 0 N–H and O–H groups in total. The Hall–Kier alpha value is -3.91. The third-order valence-corrected chi connectivity index (χ3v) is 8.93. The highest BCUT2D eigenvalue weighted by molar-refractivity contribution is 7.22. The lowest BCUT2D eigenvalue weighted by Gasteiger charge is -2.29.